The molecule has 0 heterocycles. The third kappa shape index (κ3) is 5.23. The Labute approximate surface area is 147 Å². The van der Waals surface area contributed by atoms with Crippen molar-refractivity contribution in [3.63, 3.8) is 0 Å². The summed E-state index contributed by atoms with van der Waals surface area (Å²) < 4.78 is 6.13. The van der Waals surface area contributed by atoms with E-state index in [2.05, 4.69) is 21.2 Å². The number of halogens is 2. The Balaban J connectivity index is 1.80. The molecule has 0 fully saturated rings. The number of methoxy groups -OCH3 is 1. The number of hydrogen-bond acceptors (Lipinski definition) is 3. The van der Waals surface area contributed by atoms with Crippen LogP contribution in [0.1, 0.15) is 5.56 Å². The maximum Gasteiger partial charge on any atom is 0.234 e. The molecule has 2 rings (SSSR count). The van der Waals surface area contributed by atoms with Gasteiger partial charge in [0.1, 0.15) is 5.75 Å². The van der Waals surface area contributed by atoms with Crippen LogP contribution in [0.25, 0.3) is 0 Å². The molecule has 0 saturated heterocycles. The zero-order chi connectivity index (χ0) is 15.9. The molecule has 2 aromatic rings. The number of ether oxygens (including phenoxy) is 1. The molecule has 6 heteroatoms. The average Bonchev–Trinajstić information content (AvgIpc) is 2.49. The van der Waals surface area contributed by atoms with E-state index in [1.165, 1.54) is 5.56 Å². The van der Waals surface area contributed by atoms with Crippen LogP contribution in [0.2, 0.25) is 5.02 Å². The normalized spacial score (nSPS) is 10.3. The molecule has 0 spiro atoms. The number of benzene rings is 2. The lowest BCUT2D eigenvalue weighted by molar-refractivity contribution is -0.113. The van der Waals surface area contributed by atoms with E-state index in [-0.39, 0.29) is 5.91 Å². The number of carbonyl (C=O) groups is 1. The SMILES string of the molecule is COc1ccc(NC(=O)CSCc2ccc(Br)cc2)cc1Cl. The smallest absolute Gasteiger partial charge is 0.234 e. The van der Waals surface area contributed by atoms with Crippen LogP contribution < -0.4 is 10.1 Å². The molecular formula is C16H15BrClNO2S. The molecular weight excluding hydrogens is 386 g/mol. The quantitative estimate of drug-likeness (QED) is 0.743. The predicted molar refractivity (Wildman–Crippen MR) is 96.9 cm³/mol. The first kappa shape index (κ1) is 17.2. The van der Waals surface area contributed by atoms with E-state index in [0.29, 0.717) is 22.2 Å². The Morgan fingerprint density at radius 3 is 2.64 bits per heavy atom. The second kappa shape index (κ2) is 8.46. The van der Waals surface area contributed by atoms with Gasteiger partial charge in [-0.05, 0) is 35.9 Å². The van der Waals surface area contributed by atoms with E-state index in [4.69, 9.17) is 16.3 Å². The highest BCUT2D eigenvalue weighted by molar-refractivity contribution is 9.10. The number of amides is 1. The summed E-state index contributed by atoms with van der Waals surface area (Å²) in [6.07, 6.45) is 0. The van der Waals surface area contributed by atoms with Crippen molar-refractivity contribution in [2.45, 2.75) is 5.75 Å². The molecule has 1 N–H and O–H groups in total. The monoisotopic (exact) mass is 399 g/mol. The Morgan fingerprint density at radius 2 is 2.00 bits per heavy atom. The largest absolute Gasteiger partial charge is 0.495 e. The van der Waals surface area contributed by atoms with Crippen molar-refractivity contribution in [3.8, 4) is 5.75 Å². The molecule has 0 unspecified atom stereocenters. The molecule has 2 aromatic carbocycles. The van der Waals surface area contributed by atoms with Crippen molar-refractivity contribution >= 4 is 50.9 Å². The van der Waals surface area contributed by atoms with Crippen molar-refractivity contribution < 1.29 is 9.53 Å². The van der Waals surface area contributed by atoms with E-state index < -0.39 is 0 Å². The molecule has 1 amide bonds. The van der Waals surface area contributed by atoms with Gasteiger partial charge in [-0.15, -0.1) is 11.8 Å². The van der Waals surface area contributed by atoms with Gasteiger partial charge in [0.25, 0.3) is 0 Å². The highest BCUT2D eigenvalue weighted by Crippen LogP contribution is 2.27. The van der Waals surface area contributed by atoms with Crippen LogP contribution >= 0.6 is 39.3 Å². The first-order valence-electron chi connectivity index (χ1n) is 6.54. The number of anilines is 1. The summed E-state index contributed by atoms with van der Waals surface area (Å²) >= 11 is 11.0. The number of nitrogens with one attached hydrogen (secondary N) is 1. The maximum absolute atomic E-state index is 11.9. The summed E-state index contributed by atoms with van der Waals surface area (Å²) in [5.41, 5.74) is 1.86. The van der Waals surface area contributed by atoms with Gasteiger partial charge in [0.15, 0.2) is 0 Å². The lowest BCUT2D eigenvalue weighted by atomic mass is 10.2. The molecule has 0 atom stereocenters. The van der Waals surface area contributed by atoms with Crippen molar-refractivity contribution in [1.82, 2.24) is 0 Å². The van der Waals surface area contributed by atoms with E-state index >= 15 is 0 Å². The topological polar surface area (TPSA) is 38.3 Å². The summed E-state index contributed by atoms with van der Waals surface area (Å²) in [6, 6.07) is 13.2. The molecule has 0 saturated carbocycles. The third-order valence-electron chi connectivity index (χ3n) is 2.85. The van der Waals surface area contributed by atoms with Crippen LogP contribution in [0.5, 0.6) is 5.75 Å². The number of thioether (sulfide) groups is 1. The van der Waals surface area contributed by atoms with E-state index in [9.17, 15) is 4.79 Å². The van der Waals surface area contributed by atoms with E-state index in [1.807, 2.05) is 24.3 Å². The maximum atomic E-state index is 11.9. The Hall–Kier alpha value is -1.17. The fourth-order valence-electron chi connectivity index (χ4n) is 1.78. The number of hydrogen-bond donors (Lipinski definition) is 1. The van der Waals surface area contributed by atoms with Gasteiger partial charge in [-0.1, -0.05) is 39.7 Å². The van der Waals surface area contributed by atoms with Gasteiger partial charge < -0.3 is 10.1 Å². The number of carbonyl (C=O) groups excluding carboxylic acids is 1. The van der Waals surface area contributed by atoms with Crippen LogP contribution in [0.3, 0.4) is 0 Å². The molecule has 0 aromatic heterocycles. The van der Waals surface area contributed by atoms with Gasteiger partial charge in [-0.3, -0.25) is 4.79 Å². The lowest BCUT2D eigenvalue weighted by Gasteiger charge is -2.08. The van der Waals surface area contributed by atoms with Gasteiger partial charge in [0.05, 0.1) is 17.9 Å². The minimum atomic E-state index is -0.0525. The van der Waals surface area contributed by atoms with Crippen molar-refractivity contribution in [1.29, 1.82) is 0 Å². The Morgan fingerprint density at radius 1 is 1.27 bits per heavy atom. The molecule has 3 nitrogen and oxygen atoms in total. The van der Waals surface area contributed by atoms with Crippen LogP contribution in [-0.2, 0) is 10.5 Å². The summed E-state index contributed by atoms with van der Waals surface area (Å²) in [4.78, 5) is 11.9. The molecule has 22 heavy (non-hydrogen) atoms. The minimum absolute atomic E-state index is 0.0525. The molecule has 0 radical (unpaired) electrons. The van der Waals surface area contributed by atoms with Crippen LogP contribution in [-0.4, -0.2) is 18.8 Å². The standard InChI is InChI=1S/C16H15BrClNO2S/c1-21-15-7-6-13(8-14(15)18)19-16(20)10-22-9-11-2-4-12(17)5-3-11/h2-8H,9-10H2,1H3,(H,19,20). The second-order valence-electron chi connectivity index (χ2n) is 4.52. The fourth-order valence-corrected chi connectivity index (χ4v) is 3.09. The fraction of sp³-hybridized carbons (Fsp3) is 0.188. The Bertz CT molecular complexity index is 649. The zero-order valence-electron chi connectivity index (χ0n) is 11.9. The molecule has 116 valence electrons. The third-order valence-corrected chi connectivity index (χ3v) is 4.68. The van der Waals surface area contributed by atoms with Crippen molar-refractivity contribution in [2.75, 3.05) is 18.2 Å². The van der Waals surface area contributed by atoms with E-state index in [0.717, 1.165) is 10.2 Å². The first-order valence-corrected chi connectivity index (χ1v) is 8.86. The highest BCUT2D eigenvalue weighted by Gasteiger charge is 2.06. The average molecular weight is 401 g/mol. The summed E-state index contributed by atoms with van der Waals surface area (Å²) in [5.74, 6) is 1.72. The van der Waals surface area contributed by atoms with Gasteiger partial charge in [0, 0.05) is 15.9 Å². The lowest BCUT2D eigenvalue weighted by Crippen LogP contribution is -2.14. The number of rotatable bonds is 6. The predicted octanol–water partition coefficient (Wildman–Crippen LogP) is 4.98. The second-order valence-corrected chi connectivity index (χ2v) is 6.83. The van der Waals surface area contributed by atoms with Gasteiger partial charge in [-0.25, -0.2) is 0 Å². The molecule has 0 bridgehead atoms. The van der Waals surface area contributed by atoms with Gasteiger partial charge >= 0.3 is 0 Å². The molecule has 0 aliphatic rings. The van der Waals surface area contributed by atoms with Gasteiger partial charge in [-0.2, -0.15) is 0 Å². The molecule has 0 aliphatic heterocycles. The van der Waals surface area contributed by atoms with Gasteiger partial charge in [0.2, 0.25) is 5.91 Å². The summed E-state index contributed by atoms with van der Waals surface area (Å²) in [7, 11) is 1.55. The summed E-state index contributed by atoms with van der Waals surface area (Å²) in [6.45, 7) is 0. The van der Waals surface area contributed by atoms with Crippen LogP contribution in [0, 0.1) is 0 Å². The van der Waals surface area contributed by atoms with Crippen molar-refractivity contribution in [3.05, 3.63) is 57.5 Å². The van der Waals surface area contributed by atoms with Crippen LogP contribution in [0.15, 0.2) is 46.9 Å². The first-order chi connectivity index (χ1) is 10.6. The molecule has 0 aliphatic carbocycles. The van der Waals surface area contributed by atoms with Crippen LogP contribution in [0.4, 0.5) is 5.69 Å². The van der Waals surface area contributed by atoms with Crippen molar-refractivity contribution in [2.24, 2.45) is 0 Å². The van der Waals surface area contributed by atoms with E-state index in [1.54, 1.807) is 37.1 Å². The minimum Gasteiger partial charge on any atom is -0.495 e. The zero-order valence-corrected chi connectivity index (χ0v) is 15.1. The Kier molecular flexibility index (Phi) is 6.61. The summed E-state index contributed by atoms with van der Waals surface area (Å²) in [5, 5.41) is 3.30. The highest BCUT2D eigenvalue weighted by atomic mass is 79.9.